The van der Waals surface area contributed by atoms with Crippen molar-refractivity contribution in [1.29, 1.82) is 0 Å². The zero-order chi connectivity index (χ0) is 14.7. The molecule has 7 nitrogen and oxygen atoms in total. The van der Waals surface area contributed by atoms with Gasteiger partial charge in [-0.2, -0.15) is 0 Å². The molecule has 0 unspecified atom stereocenters. The van der Waals surface area contributed by atoms with Crippen molar-refractivity contribution in [3.05, 3.63) is 0 Å². The molecule has 0 aromatic carbocycles. The third-order valence-electron chi connectivity index (χ3n) is 2.41. The van der Waals surface area contributed by atoms with E-state index in [9.17, 15) is 9.90 Å². The lowest BCUT2D eigenvalue weighted by atomic mass is 10.0. The van der Waals surface area contributed by atoms with Gasteiger partial charge in [-0.15, -0.1) is 0 Å². The number of aliphatic hydroxyl groups is 1. The Balaban J connectivity index is 4.81. The molecule has 0 heterocycles. The second-order valence-electron chi connectivity index (χ2n) is 3.94. The summed E-state index contributed by atoms with van der Waals surface area (Å²) in [5, 5.41) is 9.23. The van der Waals surface area contributed by atoms with Crippen LogP contribution in [0.25, 0.3) is 0 Å². The van der Waals surface area contributed by atoms with Gasteiger partial charge in [-0.3, -0.25) is 0 Å². The van der Waals surface area contributed by atoms with Gasteiger partial charge in [0.2, 0.25) is 0 Å². The fourth-order valence-corrected chi connectivity index (χ4v) is 1.46. The minimum absolute atomic E-state index is 0.0126. The summed E-state index contributed by atoms with van der Waals surface area (Å²) in [5.74, 6) is -0.873. The van der Waals surface area contributed by atoms with E-state index in [1.807, 2.05) is 0 Å². The summed E-state index contributed by atoms with van der Waals surface area (Å²) >= 11 is 0. The summed E-state index contributed by atoms with van der Waals surface area (Å²) in [6, 6.07) is 0. The van der Waals surface area contributed by atoms with Gasteiger partial charge in [0.05, 0.1) is 6.61 Å². The number of hydrogen-bond donors (Lipinski definition) is 1. The van der Waals surface area contributed by atoms with Gasteiger partial charge in [0.1, 0.15) is 19.7 Å². The summed E-state index contributed by atoms with van der Waals surface area (Å²) in [4.78, 5) is 11.9. The first-order valence-electron chi connectivity index (χ1n) is 6.10. The van der Waals surface area contributed by atoms with Gasteiger partial charge in [-0.05, 0) is 6.92 Å². The third kappa shape index (κ3) is 6.84. The number of hydrogen-bond acceptors (Lipinski definition) is 7. The summed E-state index contributed by atoms with van der Waals surface area (Å²) in [7, 11) is 2.92. The fraction of sp³-hybridized carbons (Fsp3) is 0.917. The van der Waals surface area contributed by atoms with E-state index in [2.05, 4.69) is 0 Å². The summed E-state index contributed by atoms with van der Waals surface area (Å²) in [5.41, 5.74) is 0. The Kier molecular flexibility index (Phi) is 10.7. The Morgan fingerprint density at radius 1 is 1.16 bits per heavy atom. The predicted octanol–water partition coefficient (Wildman–Crippen LogP) is 0.156. The van der Waals surface area contributed by atoms with Gasteiger partial charge in [0, 0.05) is 26.7 Å². The molecule has 0 spiro atoms. The van der Waals surface area contributed by atoms with Gasteiger partial charge in [0.15, 0.2) is 6.10 Å². The number of aliphatic hydroxyl groups excluding tert-OH is 1. The van der Waals surface area contributed by atoms with Crippen molar-refractivity contribution in [3.8, 4) is 0 Å². The van der Waals surface area contributed by atoms with Crippen LogP contribution in [-0.4, -0.2) is 64.3 Å². The zero-order valence-electron chi connectivity index (χ0n) is 12.0. The van der Waals surface area contributed by atoms with Crippen LogP contribution in [0.1, 0.15) is 13.8 Å². The van der Waals surface area contributed by atoms with Crippen LogP contribution in [0.5, 0.6) is 0 Å². The maximum atomic E-state index is 11.9. The first kappa shape index (κ1) is 18.3. The number of methoxy groups -OCH3 is 2. The first-order valence-corrected chi connectivity index (χ1v) is 6.10. The summed E-state index contributed by atoms with van der Waals surface area (Å²) in [6.07, 6.45) is -1.66. The van der Waals surface area contributed by atoms with Crippen LogP contribution in [-0.2, 0) is 28.5 Å². The van der Waals surface area contributed by atoms with Crippen molar-refractivity contribution in [2.45, 2.75) is 26.1 Å². The predicted molar refractivity (Wildman–Crippen MR) is 66.4 cm³/mol. The quantitative estimate of drug-likeness (QED) is 0.426. The van der Waals surface area contributed by atoms with Crippen LogP contribution in [0.4, 0.5) is 0 Å². The van der Waals surface area contributed by atoms with E-state index in [1.54, 1.807) is 13.8 Å². The Morgan fingerprint density at radius 2 is 1.74 bits per heavy atom. The van der Waals surface area contributed by atoms with E-state index < -0.39 is 18.2 Å². The molecule has 0 saturated heterocycles. The van der Waals surface area contributed by atoms with Crippen LogP contribution in [0.3, 0.4) is 0 Å². The highest BCUT2D eigenvalue weighted by Gasteiger charge is 2.35. The highest BCUT2D eigenvalue weighted by molar-refractivity contribution is 5.75. The molecule has 114 valence electrons. The van der Waals surface area contributed by atoms with E-state index in [0.29, 0.717) is 0 Å². The van der Waals surface area contributed by atoms with E-state index in [-0.39, 0.29) is 32.7 Å². The lowest BCUT2D eigenvalue weighted by molar-refractivity contribution is -0.197. The molecule has 0 aromatic heterocycles. The smallest absolute Gasteiger partial charge is 0.338 e. The molecule has 0 aliphatic carbocycles. The third-order valence-corrected chi connectivity index (χ3v) is 2.41. The molecule has 0 aliphatic heterocycles. The topological polar surface area (TPSA) is 83.5 Å². The van der Waals surface area contributed by atoms with Gasteiger partial charge in [-0.1, -0.05) is 6.92 Å². The molecule has 7 heteroatoms. The van der Waals surface area contributed by atoms with Crippen molar-refractivity contribution in [1.82, 2.24) is 0 Å². The number of esters is 1. The molecule has 19 heavy (non-hydrogen) atoms. The molecule has 0 fully saturated rings. The molecule has 3 atom stereocenters. The second-order valence-corrected chi connectivity index (χ2v) is 3.94. The zero-order valence-corrected chi connectivity index (χ0v) is 12.0. The molecule has 0 saturated carbocycles. The van der Waals surface area contributed by atoms with E-state index >= 15 is 0 Å². The number of carbonyl (C=O) groups excluding carboxylic acids is 1. The molecular formula is C12H24O7. The van der Waals surface area contributed by atoms with Crippen molar-refractivity contribution < 1.29 is 33.6 Å². The molecule has 0 rings (SSSR count). The van der Waals surface area contributed by atoms with Gasteiger partial charge in [-0.25, -0.2) is 4.79 Å². The number of rotatable bonds is 11. The first-order chi connectivity index (χ1) is 9.12. The minimum atomic E-state index is -0.975. The van der Waals surface area contributed by atoms with E-state index in [0.717, 1.165) is 0 Å². The molecule has 0 radical (unpaired) electrons. The lowest BCUT2D eigenvalue weighted by Gasteiger charge is -2.29. The molecule has 0 aliphatic rings. The van der Waals surface area contributed by atoms with Crippen LogP contribution >= 0.6 is 0 Å². The Labute approximate surface area is 113 Å². The van der Waals surface area contributed by atoms with E-state index in [1.165, 1.54) is 14.2 Å². The van der Waals surface area contributed by atoms with Crippen LogP contribution in [0, 0.1) is 5.92 Å². The van der Waals surface area contributed by atoms with Gasteiger partial charge < -0.3 is 28.8 Å². The van der Waals surface area contributed by atoms with Crippen molar-refractivity contribution in [3.63, 3.8) is 0 Å². The monoisotopic (exact) mass is 280 g/mol. The highest BCUT2D eigenvalue weighted by atomic mass is 16.7. The average Bonchev–Trinajstić information content (AvgIpc) is 2.41. The fourth-order valence-electron chi connectivity index (χ4n) is 1.46. The van der Waals surface area contributed by atoms with Crippen molar-refractivity contribution in [2.24, 2.45) is 5.92 Å². The Morgan fingerprint density at radius 3 is 2.21 bits per heavy atom. The standard InChI is InChI=1S/C12H24O7/c1-5-17-12(14)11(19-8-16-4)10(9(2)6-13)18-7-15-3/h9-11,13H,5-8H2,1-4H3/t9-,10+,11-/m0/s1. The van der Waals surface area contributed by atoms with Gasteiger partial charge in [0.25, 0.3) is 0 Å². The lowest BCUT2D eigenvalue weighted by Crippen LogP contribution is -2.45. The minimum Gasteiger partial charge on any atom is -0.464 e. The highest BCUT2D eigenvalue weighted by Crippen LogP contribution is 2.16. The second kappa shape index (κ2) is 11.1. The molecule has 0 aromatic rings. The number of ether oxygens (including phenoxy) is 5. The van der Waals surface area contributed by atoms with Crippen LogP contribution < -0.4 is 0 Å². The molecule has 0 bridgehead atoms. The largest absolute Gasteiger partial charge is 0.464 e. The number of carbonyl (C=O) groups is 1. The summed E-state index contributed by atoms with van der Waals surface area (Å²) < 4.78 is 25.2. The van der Waals surface area contributed by atoms with Crippen LogP contribution in [0.2, 0.25) is 0 Å². The van der Waals surface area contributed by atoms with Crippen molar-refractivity contribution >= 4 is 5.97 Å². The molecule has 1 N–H and O–H groups in total. The SMILES string of the molecule is CCOC(=O)[C@@H](OCOC)[C@H](OCOC)[C@@H](C)CO. The Bertz CT molecular complexity index is 234. The van der Waals surface area contributed by atoms with Crippen molar-refractivity contribution in [2.75, 3.05) is 41.0 Å². The molecular weight excluding hydrogens is 256 g/mol. The normalized spacial score (nSPS) is 15.8. The van der Waals surface area contributed by atoms with Gasteiger partial charge >= 0.3 is 5.97 Å². The maximum Gasteiger partial charge on any atom is 0.338 e. The molecule has 0 amide bonds. The average molecular weight is 280 g/mol. The van der Waals surface area contributed by atoms with E-state index in [4.69, 9.17) is 23.7 Å². The summed E-state index contributed by atoms with van der Waals surface area (Å²) in [6.45, 7) is 3.43. The Hall–Kier alpha value is -0.730. The maximum absolute atomic E-state index is 11.9. The van der Waals surface area contributed by atoms with Crippen LogP contribution in [0.15, 0.2) is 0 Å².